The van der Waals surface area contributed by atoms with Crippen LogP contribution in [-0.2, 0) is 16.6 Å². The summed E-state index contributed by atoms with van der Waals surface area (Å²) in [5.74, 6) is 0.408. The first-order chi connectivity index (χ1) is 16.4. The number of pyridine rings is 1. The van der Waals surface area contributed by atoms with Crippen LogP contribution in [0.5, 0.6) is 0 Å². The summed E-state index contributed by atoms with van der Waals surface area (Å²) in [5, 5.41) is 9.37. The first-order valence-electron chi connectivity index (χ1n) is 11.3. The molecule has 2 fully saturated rings. The van der Waals surface area contributed by atoms with Gasteiger partial charge in [0.25, 0.3) is 5.91 Å². The summed E-state index contributed by atoms with van der Waals surface area (Å²) in [6.45, 7) is 6.23. The Morgan fingerprint density at radius 3 is 2.59 bits per heavy atom. The van der Waals surface area contributed by atoms with E-state index in [1.807, 2.05) is 23.6 Å². The van der Waals surface area contributed by atoms with Gasteiger partial charge in [-0.3, -0.25) is 14.3 Å². The van der Waals surface area contributed by atoms with Gasteiger partial charge in [0.05, 0.1) is 17.9 Å². The highest BCUT2D eigenvalue weighted by Gasteiger charge is 2.39. The molecule has 3 aromatic heterocycles. The fraction of sp³-hybridized carbons (Fsp3) is 0.435. The molecule has 2 amide bonds. The van der Waals surface area contributed by atoms with Crippen LogP contribution in [0.15, 0.2) is 35.8 Å². The molecule has 3 atom stereocenters. The average Bonchev–Trinajstić information content (AvgIpc) is 3.41. The van der Waals surface area contributed by atoms with Gasteiger partial charge in [0.1, 0.15) is 23.2 Å². The number of ether oxygens (including phenoxy) is 1. The third kappa shape index (κ3) is 4.53. The van der Waals surface area contributed by atoms with E-state index >= 15 is 0 Å². The lowest BCUT2D eigenvalue weighted by Gasteiger charge is -2.39. The maximum absolute atomic E-state index is 12.8. The summed E-state index contributed by atoms with van der Waals surface area (Å²) in [6, 6.07) is 7.01. The molecule has 0 aromatic carbocycles. The maximum atomic E-state index is 12.8. The van der Waals surface area contributed by atoms with Crippen LogP contribution in [0.4, 0.5) is 10.9 Å². The van der Waals surface area contributed by atoms with E-state index in [1.165, 1.54) is 11.3 Å². The summed E-state index contributed by atoms with van der Waals surface area (Å²) < 4.78 is 7.40. The molecular formula is C23H27N7O3S. The van der Waals surface area contributed by atoms with Crippen LogP contribution in [0.2, 0.25) is 0 Å². The van der Waals surface area contributed by atoms with Crippen LogP contribution < -0.4 is 10.2 Å². The van der Waals surface area contributed by atoms with E-state index < -0.39 is 6.04 Å². The second-order valence-corrected chi connectivity index (χ2v) is 9.61. The minimum atomic E-state index is -0.520. The molecule has 5 heterocycles. The minimum absolute atomic E-state index is 0.144. The first-order valence-corrected chi connectivity index (χ1v) is 12.2. The van der Waals surface area contributed by atoms with Gasteiger partial charge in [0.2, 0.25) is 5.91 Å². The van der Waals surface area contributed by atoms with Gasteiger partial charge in [-0.1, -0.05) is 6.07 Å². The zero-order valence-electron chi connectivity index (χ0n) is 19.3. The average molecular weight is 482 g/mol. The molecule has 2 aliphatic heterocycles. The SMILES string of the molecule is C[C@@H]1CN(c2cccc(-c3csc(NC(=O)[C@@H]4CCN4C(=O)c4ccn(C)n4)n3)n2)C[C@H](C)O1. The Kier molecular flexibility index (Phi) is 6.05. The van der Waals surface area contributed by atoms with Gasteiger partial charge < -0.3 is 19.9 Å². The Labute approximate surface area is 201 Å². The normalized spacial score (nSPS) is 22.4. The van der Waals surface area contributed by atoms with Crippen molar-refractivity contribution >= 4 is 34.1 Å². The first kappa shape index (κ1) is 22.5. The molecule has 1 N–H and O–H groups in total. The third-order valence-corrected chi connectivity index (χ3v) is 6.75. The van der Waals surface area contributed by atoms with Gasteiger partial charge in [0, 0.05) is 38.3 Å². The van der Waals surface area contributed by atoms with Gasteiger partial charge in [-0.25, -0.2) is 9.97 Å². The van der Waals surface area contributed by atoms with Crippen LogP contribution in [0, 0.1) is 0 Å². The second-order valence-electron chi connectivity index (χ2n) is 8.75. The fourth-order valence-electron chi connectivity index (χ4n) is 4.32. The summed E-state index contributed by atoms with van der Waals surface area (Å²) in [4.78, 5) is 38.6. The second kappa shape index (κ2) is 9.15. The molecule has 0 aliphatic carbocycles. The molecule has 2 aliphatic rings. The van der Waals surface area contributed by atoms with Gasteiger partial charge in [-0.2, -0.15) is 5.10 Å². The van der Waals surface area contributed by atoms with Crippen molar-refractivity contribution in [2.24, 2.45) is 7.05 Å². The molecule has 0 spiro atoms. The van der Waals surface area contributed by atoms with Crippen LogP contribution in [-0.4, -0.2) is 74.3 Å². The fourth-order valence-corrected chi connectivity index (χ4v) is 5.03. The lowest BCUT2D eigenvalue weighted by molar-refractivity contribution is -0.123. The maximum Gasteiger partial charge on any atom is 0.275 e. The van der Waals surface area contributed by atoms with Gasteiger partial charge in [-0.05, 0) is 38.5 Å². The molecule has 178 valence electrons. The zero-order valence-corrected chi connectivity index (χ0v) is 20.2. The molecule has 0 radical (unpaired) electrons. The van der Waals surface area contributed by atoms with Crippen molar-refractivity contribution in [1.29, 1.82) is 0 Å². The summed E-state index contributed by atoms with van der Waals surface area (Å²) >= 11 is 1.34. The Bertz CT molecular complexity index is 1200. The number of carbonyl (C=O) groups excluding carboxylic acids is 2. The van der Waals surface area contributed by atoms with Crippen molar-refractivity contribution in [1.82, 2.24) is 24.6 Å². The number of hydrogen-bond donors (Lipinski definition) is 1. The predicted octanol–water partition coefficient (Wildman–Crippen LogP) is 2.41. The van der Waals surface area contributed by atoms with Crippen molar-refractivity contribution in [3.63, 3.8) is 0 Å². The number of rotatable bonds is 5. The Morgan fingerprint density at radius 2 is 1.91 bits per heavy atom. The van der Waals surface area contributed by atoms with Crippen molar-refractivity contribution < 1.29 is 14.3 Å². The molecule has 10 nitrogen and oxygen atoms in total. The molecule has 11 heteroatoms. The highest BCUT2D eigenvalue weighted by atomic mass is 32.1. The van der Waals surface area contributed by atoms with Crippen LogP contribution >= 0.6 is 11.3 Å². The Hall–Kier alpha value is -3.31. The molecule has 5 rings (SSSR count). The number of thiazole rings is 1. The lowest BCUT2D eigenvalue weighted by Crippen LogP contribution is -2.56. The highest BCUT2D eigenvalue weighted by Crippen LogP contribution is 2.28. The van der Waals surface area contributed by atoms with Crippen LogP contribution in [0.1, 0.15) is 30.8 Å². The van der Waals surface area contributed by atoms with Gasteiger partial charge >= 0.3 is 0 Å². The molecule has 0 bridgehead atoms. The number of hydrogen-bond acceptors (Lipinski definition) is 8. The molecule has 2 saturated heterocycles. The minimum Gasteiger partial charge on any atom is -0.372 e. The smallest absolute Gasteiger partial charge is 0.275 e. The van der Waals surface area contributed by atoms with E-state index in [-0.39, 0.29) is 24.0 Å². The lowest BCUT2D eigenvalue weighted by atomic mass is 10.0. The number of aryl methyl sites for hydroxylation is 1. The number of nitrogens with one attached hydrogen (secondary N) is 1. The monoisotopic (exact) mass is 481 g/mol. The van der Waals surface area contributed by atoms with Gasteiger partial charge in [0.15, 0.2) is 5.13 Å². The molecule has 0 unspecified atom stereocenters. The van der Waals surface area contributed by atoms with Crippen molar-refractivity contribution in [2.45, 2.75) is 38.5 Å². The van der Waals surface area contributed by atoms with Crippen molar-refractivity contribution in [2.75, 3.05) is 29.9 Å². The number of morpholine rings is 1. The zero-order chi connectivity index (χ0) is 23.8. The summed E-state index contributed by atoms with van der Waals surface area (Å²) in [6.07, 6.45) is 2.61. The number of carbonyl (C=O) groups is 2. The molecular weight excluding hydrogens is 454 g/mol. The van der Waals surface area contributed by atoms with Crippen LogP contribution in [0.25, 0.3) is 11.4 Å². The number of aromatic nitrogens is 4. The highest BCUT2D eigenvalue weighted by molar-refractivity contribution is 7.14. The van der Waals surface area contributed by atoms with E-state index in [4.69, 9.17) is 9.72 Å². The van der Waals surface area contributed by atoms with E-state index in [0.29, 0.717) is 29.5 Å². The van der Waals surface area contributed by atoms with Crippen LogP contribution in [0.3, 0.4) is 0 Å². The van der Waals surface area contributed by atoms with Gasteiger partial charge in [-0.15, -0.1) is 11.3 Å². The quantitative estimate of drug-likeness (QED) is 0.597. The number of anilines is 2. The summed E-state index contributed by atoms with van der Waals surface area (Å²) in [5.41, 5.74) is 1.79. The van der Waals surface area contributed by atoms with Crippen molar-refractivity contribution in [3.8, 4) is 11.4 Å². The van der Waals surface area contributed by atoms with Crippen molar-refractivity contribution in [3.05, 3.63) is 41.5 Å². The largest absolute Gasteiger partial charge is 0.372 e. The van der Waals surface area contributed by atoms with E-state index in [9.17, 15) is 9.59 Å². The number of likely N-dealkylation sites (tertiary alicyclic amines) is 1. The van der Waals surface area contributed by atoms with E-state index in [2.05, 4.69) is 34.1 Å². The van der Waals surface area contributed by atoms with E-state index in [1.54, 1.807) is 28.9 Å². The standard InChI is InChI=1S/C23H27N7O3S/c1-14-11-29(12-15(2)33-14)20-6-4-5-16(24-20)18-13-34-23(25-18)26-21(31)19-8-10-30(19)22(32)17-7-9-28(3)27-17/h4-7,9,13-15,19H,8,10-12H2,1-3H3,(H,25,26,31)/t14-,15+,19-/m0/s1. The molecule has 34 heavy (non-hydrogen) atoms. The Morgan fingerprint density at radius 1 is 1.12 bits per heavy atom. The van der Waals surface area contributed by atoms with E-state index in [0.717, 1.165) is 24.6 Å². The topological polar surface area (TPSA) is 105 Å². The number of amides is 2. The predicted molar refractivity (Wildman–Crippen MR) is 129 cm³/mol. The number of nitrogens with zero attached hydrogens (tertiary/aromatic N) is 6. The third-order valence-electron chi connectivity index (χ3n) is 5.99. The Balaban J connectivity index is 1.25. The molecule has 3 aromatic rings. The summed E-state index contributed by atoms with van der Waals surface area (Å²) in [7, 11) is 1.75. The molecule has 0 saturated carbocycles.